The Morgan fingerprint density at radius 1 is 1.56 bits per heavy atom. The Hall–Kier alpha value is -0.580. The number of hydrogen-bond acceptors (Lipinski definition) is 4. The molecule has 1 aliphatic heterocycles. The molecule has 18 heavy (non-hydrogen) atoms. The maximum Gasteiger partial charge on any atom is 0.413 e. The number of benzene rings is 1. The number of alkyl carbamates (subject to hydrolysis) is 1. The molecule has 0 aromatic heterocycles. The molecule has 1 atom stereocenters. The summed E-state index contributed by atoms with van der Waals surface area (Å²) in [5.74, 6) is 0.460. The first-order valence-corrected chi connectivity index (χ1v) is 7.37. The monoisotopic (exact) mass is 471 g/mol. The lowest BCUT2D eigenvalue weighted by atomic mass is 10.1. The third-order valence-corrected chi connectivity index (χ3v) is 4.14. The number of nitrogens with zero attached hydrogens (tertiary/aromatic N) is 1. The van der Waals surface area contributed by atoms with Crippen LogP contribution in [0.1, 0.15) is 11.6 Å². The summed E-state index contributed by atoms with van der Waals surface area (Å²) in [5, 5.41) is 5.71. The molecule has 0 bridgehead atoms. The first-order chi connectivity index (χ1) is 8.60. The second kappa shape index (κ2) is 6.04. The summed E-state index contributed by atoms with van der Waals surface area (Å²) in [6.07, 6.45) is -0.515. The third kappa shape index (κ3) is 3.25. The summed E-state index contributed by atoms with van der Waals surface area (Å²) < 4.78 is 6.88. The summed E-state index contributed by atoms with van der Waals surface area (Å²) >= 11 is 4.58. The number of methoxy groups -OCH3 is 1. The van der Waals surface area contributed by atoms with Crippen molar-refractivity contribution in [1.82, 2.24) is 10.6 Å². The lowest BCUT2D eigenvalue weighted by molar-refractivity contribution is 0.176. The standard InChI is InChI=1S/C11H11I2N3O2/c1-18-11(17)16-10-14-5-9(15-10)7-4-6(12)2-3-8(7)13/h2-4,9H,5H2,1H3,(H2,14,15,16,17). The number of carbonyl (C=O) groups excluding carboxylic acids is 1. The Labute approximate surface area is 132 Å². The summed E-state index contributed by atoms with van der Waals surface area (Å²) in [6, 6.07) is 6.36. The van der Waals surface area contributed by atoms with Crippen LogP contribution in [0.2, 0.25) is 0 Å². The average Bonchev–Trinajstić information content (AvgIpc) is 2.80. The second-order valence-electron chi connectivity index (χ2n) is 3.67. The van der Waals surface area contributed by atoms with Gasteiger partial charge in [0, 0.05) is 7.14 Å². The van der Waals surface area contributed by atoms with Crippen molar-refractivity contribution < 1.29 is 9.53 Å². The van der Waals surface area contributed by atoms with Gasteiger partial charge in [0.25, 0.3) is 0 Å². The minimum absolute atomic E-state index is 0.0961. The molecule has 0 saturated heterocycles. The van der Waals surface area contributed by atoms with Gasteiger partial charge in [-0.15, -0.1) is 0 Å². The van der Waals surface area contributed by atoms with E-state index in [-0.39, 0.29) is 6.04 Å². The van der Waals surface area contributed by atoms with Gasteiger partial charge in [-0.05, 0) is 68.9 Å². The topological polar surface area (TPSA) is 62.7 Å². The van der Waals surface area contributed by atoms with Crippen molar-refractivity contribution in [2.45, 2.75) is 6.04 Å². The Balaban J connectivity index is 2.06. The number of ether oxygens (including phenoxy) is 1. The number of nitrogens with one attached hydrogen (secondary N) is 2. The molecule has 1 aromatic rings. The smallest absolute Gasteiger partial charge is 0.413 e. The molecule has 0 fully saturated rings. The molecule has 0 saturated carbocycles. The Morgan fingerprint density at radius 2 is 2.33 bits per heavy atom. The Bertz CT molecular complexity index is 505. The molecule has 1 aromatic carbocycles. The molecule has 1 heterocycles. The van der Waals surface area contributed by atoms with E-state index in [0.717, 1.165) is 0 Å². The molecule has 1 aliphatic rings. The van der Waals surface area contributed by atoms with Crippen LogP contribution in [0.4, 0.5) is 4.79 Å². The van der Waals surface area contributed by atoms with E-state index in [1.54, 1.807) is 0 Å². The van der Waals surface area contributed by atoms with Crippen molar-refractivity contribution in [1.29, 1.82) is 0 Å². The second-order valence-corrected chi connectivity index (χ2v) is 6.08. The number of aliphatic imine (C=N–C) groups is 1. The van der Waals surface area contributed by atoms with Gasteiger partial charge in [0.15, 0.2) is 0 Å². The third-order valence-electron chi connectivity index (χ3n) is 2.48. The van der Waals surface area contributed by atoms with Gasteiger partial charge in [-0.25, -0.2) is 4.79 Å². The van der Waals surface area contributed by atoms with E-state index in [4.69, 9.17) is 0 Å². The highest BCUT2D eigenvalue weighted by atomic mass is 127. The molecule has 2 N–H and O–H groups in total. The highest BCUT2D eigenvalue weighted by Gasteiger charge is 2.22. The molecular weight excluding hydrogens is 460 g/mol. The van der Waals surface area contributed by atoms with Crippen LogP contribution >= 0.6 is 45.2 Å². The van der Waals surface area contributed by atoms with Crippen molar-refractivity contribution in [2.75, 3.05) is 13.7 Å². The molecule has 96 valence electrons. The van der Waals surface area contributed by atoms with Gasteiger partial charge in [0.2, 0.25) is 5.96 Å². The van der Waals surface area contributed by atoms with Crippen LogP contribution in [0.3, 0.4) is 0 Å². The average molecular weight is 471 g/mol. The normalized spacial score (nSPS) is 17.9. The van der Waals surface area contributed by atoms with E-state index in [1.165, 1.54) is 19.8 Å². The van der Waals surface area contributed by atoms with Crippen molar-refractivity contribution in [3.05, 3.63) is 30.9 Å². The van der Waals surface area contributed by atoms with Gasteiger partial charge >= 0.3 is 6.09 Å². The predicted molar refractivity (Wildman–Crippen MR) is 85.6 cm³/mol. The van der Waals surface area contributed by atoms with Crippen LogP contribution in [-0.2, 0) is 4.74 Å². The molecule has 1 unspecified atom stereocenters. The van der Waals surface area contributed by atoms with Crippen LogP contribution in [0.15, 0.2) is 23.2 Å². The predicted octanol–water partition coefficient (Wildman–Crippen LogP) is 2.25. The number of guanidine groups is 1. The fourth-order valence-corrected chi connectivity index (χ4v) is 2.85. The maximum atomic E-state index is 11.1. The molecule has 0 aliphatic carbocycles. The molecule has 0 spiro atoms. The first kappa shape index (κ1) is 13.8. The van der Waals surface area contributed by atoms with Crippen LogP contribution in [0, 0.1) is 7.14 Å². The summed E-state index contributed by atoms with van der Waals surface area (Å²) in [4.78, 5) is 15.3. The summed E-state index contributed by atoms with van der Waals surface area (Å²) in [7, 11) is 1.32. The Kier molecular flexibility index (Phi) is 4.65. The SMILES string of the molecule is COC(=O)NC1=NCC(c2cc(I)ccc2I)N1. The fourth-order valence-electron chi connectivity index (χ4n) is 1.62. The largest absolute Gasteiger partial charge is 0.453 e. The lowest BCUT2D eigenvalue weighted by Gasteiger charge is -2.14. The van der Waals surface area contributed by atoms with Gasteiger partial charge in [-0.1, -0.05) is 0 Å². The zero-order valence-corrected chi connectivity index (χ0v) is 13.9. The number of carbonyl (C=O) groups is 1. The maximum absolute atomic E-state index is 11.1. The van der Waals surface area contributed by atoms with E-state index in [2.05, 4.69) is 83.7 Å². The summed E-state index contributed by atoms with van der Waals surface area (Å²) in [5.41, 5.74) is 1.19. The van der Waals surface area contributed by atoms with Crippen molar-refractivity contribution >= 4 is 57.2 Å². The van der Waals surface area contributed by atoms with Crippen LogP contribution < -0.4 is 10.6 Å². The number of hydrogen-bond donors (Lipinski definition) is 2. The quantitative estimate of drug-likeness (QED) is 0.619. The Morgan fingerprint density at radius 3 is 3.06 bits per heavy atom. The van der Waals surface area contributed by atoms with Crippen molar-refractivity contribution in [3.8, 4) is 0 Å². The fraction of sp³-hybridized carbons (Fsp3) is 0.273. The van der Waals surface area contributed by atoms with E-state index in [9.17, 15) is 4.79 Å². The molecular formula is C11H11I2N3O2. The zero-order chi connectivity index (χ0) is 13.1. The minimum Gasteiger partial charge on any atom is -0.453 e. The highest BCUT2D eigenvalue weighted by Crippen LogP contribution is 2.24. The van der Waals surface area contributed by atoms with E-state index in [0.29, 0.717) is 12.5 Å². The molecule has 2 rings (SSSR count). The van der Waals surface area contributed by atoms with Crippen LogP contribution in [0.25, 0.3) is 0 Å². The molecule has 0 radical (unpaired) electrons. The molecule has 5 nitrogen and oxygen atoms in total. The highest BCUT2D eigenvalue weighted by molar-refractivity contribution is 14.1. The van der Waals surface area contributed by atoms with Gasteiger partial charge in [-0.3, -0.25) is 10.3 Å². The van der Waals surface area contributed by atoms with Gasteiger partial charge in [-0.2, -0.15) is 0 Å². The lowest BCUT2D eigenvalue weighted by Crippen LogP contribution is -2.39. The molecule has 7 heteroatoms. The van der Waals surface area contributed by atoms with E-state index in [1.807, 2.05) is 0 Å². The van der Waals surface area contributed by atoms with Gasteiger partial charge in [0.05, 0.1) is 19.7 Å². The van der Waals surface area contributed by atoms with Gasteiger partial charge < -0.3 is 10.1 Å². The first-order valence-electron chi connectivity index (χ1n) is 5.21. The molecule has 1 amide bonds. The zero-order valence-electron chi connectivity index (χ0n) is 9.54. The number of rotatable bonds is 1. The minimum atomic E-state index is -0.515. The van der Waals surface area contributed by atoms with E-state index >= 15 is 0 Å². The van der Waals surface area contributed by atoms with Crippen LogP contribution in [-0.4, -0.2) is 25.7 Å². The van der Waals surface area contributed by atoms with Crippen molar-refractivity contribution in [2.24, 2.45) is 4.99 Å². The summed E-state index contributed by atoms with van der Waals surface area (Å²) in [6.45, 7) is 0.607. The number of halogens is 2. The van der Waals surface area contributed by atoms with Gasteiger partial charge in [0.1, 0.15) is 0 Å². The van der Waals surface area contributed by atoms with E-state index < -0.39 is 6.09 Å². The number of amides is 1. The van der Waals surface area contributed by atoms with Crippen molar-refractivity contribution in [3.63, 3.8) is 0 Å². The van der Waals surface area contributed by atoms with Crippen LogP contribution in [0.5, 0.6) is 0 Å².